The largest absolute Gasteiger partial charge is 0.493 e. The molecule has 0 radical (unpaired) electrons. The smallest absolute Gasteiger partial charge is 0.328 e. The van der Waals surface area contributed by atoms with E-state index < -0.39 is 36.7 Å². The predicted molar refractivity (Wildman–Crippen MR) is 82.6 cm³/mol. The van der Waals surface area contributed by atoms with Crippen molar-refractivity contribution in [3.63, 3.8) is 0 Å². The molecule has 0 saturated carbocycles. The number of aliphatic hydroxyl groups is 3. The number of hydrogen-bond acceptors (Lipinski definition) is 7. The fraction of sp³-hybridized carbons (Fsp3) is 0.438. The van der Waals surface area contributed by atoms with E-state index in [1.807, 2.05) is 0 Å². The van der Waals surface area contributed by atoms with E-state index in [9.17, 15) is 20.1 Å². The zero-order valence-electron chi connectivity index (χ0n) is 13.2. The highest BCUT2D eigenvalue weighted by molar-refractivity contribution is 5.85. The molecule has 5 atom stereocenters. The number of methoxy groups -OCH3 is 1. The lowest BCUT2D eigenvalue weighted by Crippen LogP contribution is -2.58. The van der Waals surface area contributed by atoms with Crippen molar-refractivity contribution in [3.8, 4) is 11.5 Å². The first-order chi connectivity index (χ1) is 11.3. The van der Waals surface area contributed by atoms with Crippen LogP contribution in [0, 0.1) is 0 Å². The van der Waals surface area contributed by atoms with Gasteiger partial charge in [-0.2, -0.15) is 0 Å². The third-order valence-corrected chi connectivity index (χ3v) is 3.66. The van der Waals surface area contributed by atoms with Crippen molar-refractivity contribution >= 4 is 12.0 Å². The number of benzene rings is 1. The molecular weight excluding hydrogens is 320 g/mol. The second kappa shape index (κ2) is 7.63. The first kappa shape index (κ1) is 18.2. The minimum Gasteiger partial charge on any atom is -0.493 e. The van der Waals surface area contributed by atoms with Crippen molar-refractivity contribution < 1.29 is 39.4 Å². The monoisotopic (exact) mass is 340 g/mol. The van der Waals surface area contributed by atoms with Gasteiger partial charge in [-0.15, -0.1) is 0 Å². The lowest BCUT2D eigenvalue weighted by atomic mass is 10.00. The number of carbonyl (C=O) groups is 1. The second-order valence-electron chi connectivity index (χ2n) is 5.38. The van der Waals surface area contributed by atoms with Crippen molar-refractivity contribution in [2.75, 3.05) is 7.11 Å². The number of hydrogen-bond donors (Lipinski definition) is 4. The Hall–Kier alpha value is -2.13. The summed E-state index contributed by atoms with van der Waals surface area (Å²) < 4.78 is 16.1. The zero-order valence-corrected chi connectivity index (χ0v) is 13.2. The summed E-state index contributed by atoms with van der Waals surface area (Å²) in [6.45, 7) is 1.55. The number of ether oxygens (including phenoxy) is 3. The van der Waals surface area contributed by atoms with Crippen molar-refractivity contribution in [1.82, 2.24) is 0 Å². The van der Waals surface area contributed by atoms with Crippen molar-refractivity contribution in [3.05, 3.63) is 29.8 Å². The van der Waals surface area contributed by atoms with Crippen LogP contribution >= 0.6 is 0 Å². The Balaban J connectivity index is 2.18. The van der Waals surface area contributed by atoms with E-state index in [2.05, 4.69) is 0 Å². The Morgan fingerprint density at radius 2 is 1.88 bits per heavy atom. The predicted octanol–water partition coefficient (Wildman–Crippen LogP) is -0.000700. The number of carboxylic acid groups (broad SMARTS) is 1. The van der Waals surface area contributed by atoms with Crippen LogP contribution in [0.2, 0.25) is 0 Å². The molecule has 0 amide bonds. The molecule has 8 nitrogen and oxygen atoms in total. The van der Waals surface area contributed by atoms with Crippen LogP contribution in [0.1, 0.15) is 12.5 Å². The van der Waals surface area contributed by atoms with Gasteiger partial charge in [0.25, 0.3) is 0 Å². The maximum atomic E-state index is 10.5. The lowest BCUT2D eigenvalue weighted by Gasteiger charge is -2.39. The molecule has 0 aromatic heterocycles. The van der Waals surface area contributed by atoms with E-state index in [4.69, 9.17) is 19.3 Å². The van der Waals surface area contributed by atoms with Gasteiger partial charge in [-0.25, -0.2) is 4.79 Å². The number of aliphatic carboxylic acids is 1. The molecule has 0 unspecified atom stereocenters. The average Bonchev–Trinajstić information content (AvgIpc) is 2.56. The minimum absolute atomic E-state index is 0.241. The average molecular weight is 340 g/mol. The van der Waals surface area contributed by atoms with Crippen LogP contribution in [0.5, 0.6) is 11.5 Å². The van der Waals surface area contributed by atoms with Crippen LogP contribution in [0.25, 0.3) is 6.08 Å². The summed E-state index contributed by atoms with van der Waals surface area (Å²) in [6.07, 6.45) is -3.59. The SMILES string of the molecule is COc1cc(/C=C/C(=O)O)ccc1O[C@@H]1O[C@@H](C)[C@H](O)[C@@H](O)[C@H]1O. The molecule has 1 aliphatic rings. The standard InChI is InChI=1S/C16H20O8/c1-8-13(19)14(20)15(21)16(23-8)24-10-5-3-9(4-6-12(17)18)7-11(10)22-2/h3-8,13-16,19-21H,1-2H3,(H,17,18)/b6-4+/t8-,13-,14+,15+,16-/m0/s1. The van der Waals surface area contributed by atoms with E-state index in [1.54, 1.807) is 19.1 Å². The molecule has 1 saturated heterocycles. The van der Waals surface area contributed by atoms with Gasteiger partial charge in [-0.05, 0) is 30.7 Å². The number of aliphatic hydroxyl groups excluding tert-OH is 3. The minimum atomic E-state index is -1.44. The summed E-state index contributed by atoms with van der Waals surface area (Å²) in [5, 5.41) is 38.1. The Kier molecular flexibility index (Phi) is 5.79. The van der Waals surface area contributed by atoms with E-state index in [-0.39, 0.29) is 5.75 Å². The normalized spacial score (nSPS) is 30.3. The van der Waals surface area contributed by atoms with Crippen molar-refractivity contribution in [2.24, 2.45) is 0 Å². The van der Waals surface area contributed by atoms with Gasteiger partial charge >= 0.3 is 5.97 Å². The fourth-order valence-electron chi connectivity index (χ4n) is 2.29. The molecule has 1 aromatic carbocycles. The summed E-state index contributed by atoms with van der Waals surface area (Å²) in [5.74, 6) is -0.536. The van der Waals surface area contributed by atoms with E-state index in [0.717, 1.165) is 6.08 Å². The van der Waals surface area contributed by atoms with Gasteiger partial charge < -0.3 is 34.6 Å². The molecule has 0 aliphatic carbocycles. The molecule has 24 heavy (non-hydrogen) atoms. The van der Waals surface area contributed by atoms with Crippen LogP contribution in [0.3, 0.4) is 0 Å². The fourth-order valence-corrected chi connectivity index (χ4v) is 2.29. The van der Waals surface area contributed by atoms with Crippen molar-refractivity contribution in [1.29, 1.82) is 0 Å². The highest BCUT2D eigenvalue weighted by Crippen LogP contribution is 2.32. The molecule has 4 N–H and O–H groups in total. The van der Waals surface area contributed by atoms with Gasteiger partial charge in [0.1, 0.15) is 18.3 Å². The third kappa shape index (κ3) is 4.04. The first-order valence-electron chi connectivity index (χ1n) is 7.29. The molecular formula is C16H20O8. The highest BCUT2D eigenvalue weighted by Gasteiger charge is 2.43. The quantitative estimate of drug-likeness (QED) is 0.552. The van der Waals surface area contributed by atoms with Gasteiger partial charge in [-0.1, -0.05) is 6.07 Å². The molecule has 2 rings (SSSR count). The number of carboxylic acids is 1. The summed E-state index contributed by atoms with van der Waals surface area (Å²) in [5.41, 5.74) is 0.579. The molecule has 1 heterocycles. The van der Waals surface area contributed by atoms with Gasteiger partial charge in [0.05, 0.1) is 13.2 Å². The Labute approximate surface area is 138 Å². The van der Waals surface area contributed by atoms with E-state index in [0.29, 0.717) is 11.3 Å². The van der Waals surface area contributed by atoms with Crippen LogP contribution in [0.4, 0.5) is 0 Å². The lowest BCUT2D eigenvalue weighted by molar-refractivity contribution is -0.268. The summed E-state index contributed by atoms with van der Waals surface area (Å²) in [4.78, 5) is 10.5. The Bertz CT molecular complexity index is 614. The zero-order chi connectivity index (χ0) is 17.9. The Morgan fingerprint density at radius 1 is 1.17 bits per heavy atom. The van der Waals surface area contributed by atoms with E-state index in [1.165, 1.54) is 19.3 Å². The topological polar surface area (TPSA) is 126 Å². The molecule has 0 bridgehead atoms. The highest BCUT2D eigenvalue weighted by atomic mass is 16.7. The summed E-state index contributed by atoms with van der Waals surface area (Å²) in [6, 6.07) is 4.68. The summed E-state index contributed by atoms with van der Waals surface area (Å²) >= 11 is 0. The molecule has 0 spiro atoms. The van der Waals surface area contributed by atoms with Crippen molar-refractivity contribution in [2.45, 2.75) is 37.6 Å². The van der Waals surface area contributed by atoms with Crippen LogP contribution in [0.15, 0.2) is 24.3 Å². The van der Waals surface area contributed by atoms with Gasteiger partial charge in [-0.3, -0.25) is 0 Å². The molecule has 1 aliphatic heterocycles. The molecule has 132 valence electrons. The molecule has 8 heteroatoms. The maximum absolute atomic E-state index is 10.5. The van der Waals surface area contributed by atoms with Crippen LogP contribution < -0.4 is 9.47 Å². The van der Waals surface area contributed by atoms with Gasteiger partial charge in [0.2, 0.25) is 6.29 Å². The molecule has 1 aromatic rings. The first-order valence-corrected chi connectivity index (χ1v) is 7.29. The Morgan fingerprint density at radius 3 is 2.50 bits per heavy atom. The van der Waals surface area contributed by atoms with Gasteiger partial charge in [0.15, 0.2) is 11.5 Å². The van der Waals surface area contributed by atoms with E-state index >= 15 is 0 Å². The third-order valence-electron chi connectivity index (χ3n) is 3.66. The van der Waals surface area contributed by atoms with Crippen LogP contribution in [-0.2, 0) is 9.53 Å². The number of rotatable bonds is 5. The maximum Gasteiger partial charge on any atom is 0.328 e. The molecule has 1 fully saturated rings. The second-order valence-corrected chi connectivity index (χ2v) is 5.38. The van der Waals surface area contributed by atoms with Crippen LogP contribution in [-0.4, -0.2) is 64.2 Å². The summed E-state index contributed by atoms with van der Waals surface area (Å²) in [7, 11) is 1.41. The van der Waals surface area contributed by atoms with Gasteiger partial charge in [0, 0.05) is 6.08 Å².